The van der Waals surface area contributed by atoms with Crippen molar-refractivity contribution in [3.8, 4) is 0 Å². The number of rotatable bonds is 5. The zero-order chi connectivity index (χ0) is 14.5. The molecule has 0 atom stereocenters. The van der Waals surface area contributed by atoms with Crippen molar-refractivity contribution in [2.75, 3.05) is 17.2 Å². The molecule has 0 unspecified atom stereocenters. The van der Waals surface area contributed by atoms with Gasteiger partial charge in [0.2, 0.25) is 0 Å². The number of primary amides is 1. The SMILES string of the molecule is CCN(Cc1cccc(N)c1)c1cccc(C(N)=O)n1. The van der Waals surface area contributed by atoms with Crippen LogP contribution >= 0.6 is 0 Å². The van der Waals surface area contributed by atoms with Gasteiger partial charge in [-0.05, 0) is 36.8 Å². The van der Waals surface area contributed by atoms with E-state index in [1.807, 2.05) is 37.3 Å². The summed E-state index contributed by atoms with van der Waals surface area (Å²) in [7, 11) is 0. The number of pyridine rings is 1. The van der Waals surface area contributed by atoms with Crippen molar-refractivity contribution >= 4 is 17.4 Å². The normalized spacial score (nSPS) is 10.2. The van der Waals surface area contributed by atoms with Crippen LogP contribution in [0.25, 0.3) is 0 Å². The van der Waals surface area contributed by atoms with E-state index in [1.165, 1.54) is 0 Å². The molecule has 0 aliphatic carbocycles. The van der Waals surface area contributed by atoms with Gasteiger partial charge in [-0.25, -0.2) is 4.98 Å². The van der Waals surface area contributed by atoms with Gasteiger partial charge >= 0.3 is 0 Å². The van der Waals surface area contributed by atoms with Crippen molar-refractivity contribution in [3.05, 3.63) is 53.7 Å². The standard InChI is InChI=1S/C15H18N4O/c1-2-19(10-11-5-3-6-12(16)9-11)14-8-4-7-13(18-14)15(17)20/h3-9H,2,10,16H2,1H3,(H2,17,20). The lowest BCUT2D eigenvalue weighted by molar-refractivity contribution is 0.0995. The molecule has 4 N–H and O–H groups in total. The highest BCUT2D eigenvalue weighted by Crippen LogP contribution is 2.16. The summed E-state index contributed by atoms with van der Waals surface area (Å²) < 4.78 is 0. The number of carbonyl (C=O) groups is 1. The second-order valence-corrected chi connectivity index (χ2v) is 4.50. The Hall–Kier alpha value is -2.56. The van der Waals surface area contributed by atoms with Gasteiger partial charge in [0.05, 0.1) is 0 Å². The molecule has 104 valence electrons. The van der Waals surface area contributed by atoms with Crippen LogP contribution in [-0.4, -0.2) is 17.4 Å². The first kappa shape index (κ1) is 13.9. The summed E-state index contributed by atoms with van der Waals surface area (Å²) in [5.41, 5.74) is 13.1. The Bertz CT molecular complexity index is 612. The number of aromatic nitrogens is 1. The van der Waals surface area contributed by atoms with E-state index < -0.39 is 5.91 Å². The maximum Gasteiger partial charge on any atom is 0.267 e. The molecular weight excluding hydrogens is 252 g/mol. The van der Waals surface area contributed by atoms with Gasteiger partial charge in [-0.3, -0.25) is 4.79 Å². The van der Waals surface area contributed by atoms with Gasteiger partial charge in [0.1, 0.15) is 11.5 Å². The Morgan fingerprint density at radius 3 is 2.65 bits per heavy atom. The van der Waals surface area contributed by atoms with Crippen LogP contribution in [0.1, 0.15) is 23.0 Å². The van der Waals surface area contributed by atoms with Gasteiger partial charge < -0.3 is 16.4 Å². The molecule has 0 bridgehead atoms. The lowest BCUT2D eigenvalue weighted by Gasteiger charge is -2.22. The quantitative estimate of drug-likeness (QED) is 0.811. The molecule has 1 aromatic carbocycles. The zero-order valence-corrected chi connectivity index (χ0v) is 11.4. The van der Waals surface area contributed by atoms with Crippen LogP contribution in [0, 0.1) is 0 Å². The minimum absolute atomic E-state index is 0.272. The molecule has 1 heterocycles. The van der Waals surface area contributed by atoms with Crippen molar-refractivity contribution in [1.29, 1.82) is 0 Å². The molecule has 2 rings (SSSR count). The van der Waals surface area contributed by atoms with E-state index in [-0.39, 0.29) is 5.69 Å². The Morgan fingerprint density at radius 1 is 1.25 bits per heavy atom. The van der Waals surface area contributed by atoms with Crippen LogP contribution < -0.4 is 16.4 Å². The van der Waals surface area contributed by atoms with Gasteiger partial charge in [-0.2, -0.15) is 0 Å². The summed E-state index contributed by atoms with van der Waals surface area (Å²) >= 11 is 0. The average Bonchev–Trinajstić information content (AvgIpc) is 2.45. The molecule has 0 saturated heterocycles. The lowest BCUT2D eigenvalue weighted by atomic mass is 10.2. The third-order valence-corrected chi connectivity index (χ3v) is 3.02. The first-order chi connectivity index (χ1) is 9.60. The van der Waals surface area contributed by atoms with Gasteiger partial charge in [-0.15, -0.1) is 0 Å². The first-order valence-corrected chi connectivity index (χ1v) is 6.46. The Labute approximate surface area is 118 Å². The van der Waals surface area contributed by atoms with Crippen LogP contribution in [0.3, 0.4) is 0 Å². The average molecular weight is 270 g/mol. The Morgan fingerprint density at radius 2 is 2.00 bits per heavy atom. The van der Waals surface area contributed by atoms with E-state index >= 15 is 0 Å². The number of benzene rings is 1. The predicted octanol–water partition coefficient (Wildman–Crippen LogP) is 1.79. The van der Waals surface area contributed by atoms with E-state index in [0.717, 1.165) is 23.6 Å². The number of nitrogens with zero attached hydrogens (tertiary/aromatic N) is 2. The highest BCUT2D eigenvalue weighted by molar-refractivity contribution is 5.91. The number of carbonyl (C=O) groups excluding carboxylic acids is 1. The molecule has 1 aromatic heterocycles. The molecule has 0 spiro atoms. The van der Waals surface area contributed by atoms with Gasteiger partial charge in [0.25, 0.3) is 5.91 Å². The van der Waals surface area contributed by atoms with Gasteiger partial charge in [0, 0.05) is 18.8 Å². The molecule has 1 amide bonds. The third-order valence-electron chi connectivity index (χ3n) is 3.02. The Balaban J connectivity index is 2.24. The number of hydrogen-bond acceptors (Lipinski definition) is 4. The summed E-state index contributed by atoms with van der Waals surface area (Å²) in [4.78, 5) is 17.5. The van der Waals surface area contributed by atoms with Crippen molar-refractivity contribution in [2.45, 2.75) is 13.5 Å². The molecule has 0 fully saturated rings. The number of hydrogen-bond donors (Lipinski definition) is 2. The second kappa shape index (κ2) is 6.06. The lowest BCUT2D eigenvalue weighted by Crippen LogP contribution is -2.24. The van der Waals surface area contributed by atoms with E-state index in [9.17, 15) is 4.79 Å². The molecule has 0 aliphatic rings. The molecule has 5 heteroatoms. The molecule has 2 aromatic rings. The van der Waals surface area contributed by atoms with Gasteiger partial charge in [0.15, 0.2) is 0 Å². The summed E-state index contributed by atoms with van der Waals surface area (Å²) in [6, 6.07) is 13.0. The number of amides is 1. The molecule has 5 nitrogen and oxygen atoms in total. The minimum atomic E-state index is -0.521. The fourth-order valence-electron chi connectivity index (χ4n) is 2.00. The highest BCUT2D eigenvalue weighted by Gasteiger charge is 2.09. The number of nitrogens with two attached hydrogens (primary N) is 2. The maximum atomic E-state index is 11.2. The molecule has 20 heavy (non-hydrogen) atoms. The third kappa shape index (κ3) is 3.26. The summed E-state index contributed by atoms with van der Waals surface area (Å²) in [6.07, 6.45) is 0. The fourth-order valence-corrected chi connectivity index (χ4v) is 2.00. The van der Waals surface area contributed by atoms with Crippen molar-refractivity contribution < 1.29 is 4.79 Å². The number of nitrogen functional groups attached to an aromatic ring is 1. The van der Waals surface area contributed by atoms with E-state index in [0.29, 0.717) is 6.54 Å². The first-order valence-electron chi connectivity index (χ1n) is 6.46. The van der Waals surface area contributed by atoms with E-state index in [4.69, 9.17) is 11.5 Å². The molecular formula is C15H18N4O. The van der Waals surface area contributed by atoms with E-state index in [2.05, 4.69) is 9.88 Å². The smallest absolute Gasteiger partial charge is 0.267 e. The van der Waals surface area contributed by atoms with Crippen LogP contribution in [0.4, 0.5) is 11.5 Å². The zero-order valence-electron chi connectivity index (χ0n) is 11.4. The Kier molecular flexibility index (Phi) is 4.20. The van der Waals surface area contributed by atoms with E-state index in [1.54, 1.807) is 12.1 Å². The van der Waals surface area contributed by atoms with Crippen LogP contribution in [0.2, 0.25) is 0 Å². The van der Waals surface area contributed by atoms with Crippen molar-refractivity contribution in [1.82, 2.24) is 4.98 Å². The molecule has 0 radical (unpaired) electrons. The molecule has 0 saturated carbocycles. The highest BCUT2D eigenvalue weighted by atomic mass is 16.1. The monoisotopic (exact) mass is 270 g/mol. The summed E-state index contributed by atoms with van der Waals surface area (Å²) in [6.45, 7) is 3.48. The van der Waals surface area contributed by atoms with Crippen molar-refractivity contribution in [2.24, 2.45) is 5.73 Å². The van der Waals surface area contributed by atoms with Crippen LogP contribution in [-0.2, 0) is 6.54 Å². The molecule has 0 aliphatic heterocycles. The maximum absolute atomic E-state index is 11.2. The van der Waals surface area contributed by atoms with Crippen LogP contribution in [0.15, 0.2) is 42.5 Å². The predicted molar refractivity (Wildman–Crippen MR) is 80.3 cm³/mol. The fraction of sp³-hybridized carbons (Fsp3) is 0.200. The number of anilines is 2. The second-order valence-electron chi connectivity index (χ2n) is 4.50. The van der Waals surface area contributed by atoms with Crippen molar-refractivity contribution in [3.63, 3.8) is 0 Å². The summed E-state index contributed by atoms with van der Waals surface area (Å²) in [5, 5.41) is 0. The summed E-state index contributed by atoms with van der Waals surface area (Å²) in [5.74, 6) is 0.207. The topological polar surface area (TPSA) is 85.2 Å². The minimum Gasteiger partial charge on any atom is -0.399 e. The largest absolute Gasteiger partial charge is 0.399 e. The van der Waals surface area contributed by atoms with Crippen LogP contribution in [0.5, 0.6) is 0 Å². The van der Waals surface area contributed by atoms with Gasteiger partial charge in [-0.1, -0.05) is 18.2 Å².